The molecule has 92 valence electrons. The van der Waals surface area contributed by atoms with Crippen molar-refractivity contribution in [1.82, 2.24) is 4.98 Å². The molecular formula is C9H6F5N3. The lowest BCUT2D eigenvalue weighted by Crippen LogP contribution is -2.16. The summed E-state index contributed by atoms with van der Waals surface area (Å²) in [6.07, 6.45) is -8.07. The summed E-state index contributed by atoms with van der Waals surface area (Å²) in [6, 6.07) is 1.71. The lowest BCUT2D eigenvalue weighted by Gasteiger charge is -2.15. The normalized spacial score (nSPS) is 11.6. The molecule has 1 heterocycles. The molecule has 3 nitrogen and oxygen atoms in total. The lowest BCUT2D eigenvalue weighted by molar-refractivity contribution is -0.138. The molecule has 0 aliphatic carbocycles. The highest BCUT2D eigenvalue weighted by Crippen LogP contribution is 2.35. The minimum Gasteiger partial charge on any atom is -0.326 e. The third-order valence-corrected chi connectivity index (χ3v) is 1.99. The molecule has 0 aliphatic heterocycles. The van der Waals surface area contributed by atoms with Crippen LogP contribution >= 0.6 is 0 Å². The Bertz CT molecular complexity index is 461. The molecule has 1 aromatic rings. The van der Waals surface area contributed by atoms with Gasteiger partial charge >= 0.3 is 6.18 Å². The van der Waals surface area contributed by atoms with Crippen LogP contribution in [0, 0.1) is 11.3 Å². The van der Waals surface area contributed by atoms with Crippen molar-refractivity contribution in [2.24, 2.45) is 5.73 Å². The highest BCUT2D eigenvalue weighted by Gasteiger charge is 2.36. The first kappa shape index (κ1) is 13.3. The molecule has 8 heteroatoms. The maximum Gasteiger partial charge on any atom is 0.416 e. The topological polar surface area (TPSA) is 62.7 Å². The van der Waals surface area contributed by atoms with E-state index in [4.69, 9.17) is 11.0 Å². The Morgan fingerprint density at radius 3 is 2.35 bits per heavy atom. The van der Waals surface area contributed by atoms with Crippen molar-refractivity contribution in [3.8, 4) is 6.07 Å². The fourth-order valence-electron chi connectivity index (χ4n) is 1.30. The zero-order chi connectivity index (χ0) is 13.2. The van der Waals surface area contributed by atoms with Crippen LogP contribution in [0.2, 0.25) is 0 Å². The molecule has 0 saturated heterocycles. The monoisotopic (exact) mass is 251 g/mol. The zero-order valence-electron chi connectivity index (χ0n) is 8.22. The molecule has 0 spiro atoms. The Hall–Kier alpha value is -1.75. The highest BCUT2D eigenvalue weighted by atomic mass is 19.4. The van der Waals surface area contributed by atoms with Crippen molar-refractivity contribution in [3.05, 3.63) is 28.6 Å². The number of pyridine rings is 1. The maximum absolute atomic E-state index is 12.6. The predicted molar refractivity (Wildman–Crippen MR) is 46.8 cm³/mol. The molecule has 0 atom stereocenters. The van der Waals surface area contributed by atoms with Crippen LogP contribution in [0.5, 0.6) is 0 Å². The first-order valence-corrected chi connectivity index (χ1v) is 4.30. The number of aromatic nitrogens is 1. The summed E-state index contributed by atoms with van der Waals surface area (Å²) in [7, 11) is 0. The molecule has 0 fully saturated rings. The molecule has 17 heavy (non-hydrogen) atoms. The summed E-state index contributed by atoms with van der Waals surface area (Å²) < 4.78 is 62.7. The molecule has 1 aromatic heterocycles. The van der Waals surface area contributed by atoms with E-state index in [0.717, 1.165) is 0 Å². The van der Waals surface area contributed by atoms with Crippen molar-refractivity contribution >= 4 is 0 Å². The minimum absolute atomic E-state index is 0.411. The van der Waals surface area contributed by atoms with E-state index in [1.165, 1.54) is 6.07 Å². The molecule has 0 bridgehead atoms. The van der Waals surface area contributed by atoms with Gasteiger partial charge in [-0.3, -0.25) is 0 Å². The van der Waals surface area contributed by atoms with Crippen molar-refractivity contribution < 1.29 is 22.0 Å². The fourth-order valence-corrected chi connectivity index (χ4v) is 1.30. The van der Waals surface area contributed by atoms with Gasteiger partial charge < -0.3 is 5.73 Å². The number of nitrogens with zero attached hydrogens (tertiary/aromatic N) is 2. The molecule has 0 radical (unpaired) electrons. The van der Waals surface area contributed by atoms with Crippen LogP contribution in [0.1, 0.15) is 28.9 Å². The molecule has 0 saturated carbocycles. The molecule has 0 aliphatic rings. The van der Waals surface area contributed by atoms with Gasteiger partial charge in [0.25, 0.3) is 6.43 Å². The second-order valence-corrected chi connectivity index (χ2v) is 3.03. The lowest BCUT2D eigenvalue weighted by atomic mass is 10.0. The number of alkyl halides is 5. The van der Waals surface area contributed by atoms with Gasteiger partial charge in [0, 0.05) is 12.1 Å². The number of nitriles is 1. The summed E-state index contributed by atoms with van der Waals surface area (Å²) >= 11 is 0. The van der Waals surface area contributed by atoms with Crippen LogP contribution in [-0.4, -0.2) is 4.98 Å². The largest absolute Gasteiger partial charge is 0.416 e. The SMILES string of the molecule is N#Cc1cc(C(F)(F)F)c(CN)c(C(F)F)n1. The smallest absolute Gasteiger partial charge is 0.326 e. The fraction of sp³-hybridized carbons (Fsp3) is 0.333. The predicted octanol–water partition coefficient (Wildman–Crippen LogP) is 2.37. The van der Waals surface area contributed by atoms with Gasteiger partial charge in [0.1, 0.15) is 17.5 Å². The van der Waals surface area contributed by atoms with Crippen molar-refractivity contribution in [1.29, 1.82) is 5.26 Å². The summed E-state index contributed by atoms with van der Waals surface area (Å²) in [4.78, 5) is 3.14. The summed E-state index contributed by atoms with van der Waals surface area (Å²) in [6.45, 7) is -0.729. The molecule has 2 N–H and O–H groups in total. The number of halogens is 5. The Balaban J connectivity index is 3.58. The van der Waals surface area contributed by atoms with Crippen LogP contribution < -0.4 is 5.73 Å². The highest BCUT2D eigenvalue weighted by molar-refractivity contribution is 5.39. The van der Waals surface area contributed by atoms with Crippen LogP contribution in [0.4, 0.5) is 22.0 Å². The third kappa shape index (κ3) is 2.68. The number of rotatable bonds is 2. The van der Waals surface area contributed by atoms with E-state index >= 15 is 0 Å². The van der Waals surface area contributed by atoms with E-state index < -0.39 is 41.7 Å². The Morgan fingerprint density at radius 2 is 2.00 bits per heavy atom. The first-order chi connectivity index (χ1) is 7.81. The van der Waals surface area contributed by atoms with Crippen LogP contribution in [-0.2, 0) is 12.7 Å². The molecule has 0 amide bonds. The summed E-state index contributed by atoms with van der Waals surface area (Å²) in [5.74, 6) is 0. The summed E-state index contributed by atoms with van der Waals surface area (Å²) in [5, 5.41) is 8.44. The average molecular weight is 251 g/mol. The first-order valence-electron chi connectivity index (χ1n) is 4.30. The zero-order valence-corrected chi connectivity index (χ0v) is 8.22. The molecule has 0 unspecified atom stereocenters. The van der Waals surface area contributed by atoms with E-state index in [2.05, 4.69) is 4.98 Å². The Morgan fingerprint density at radius 1 is 1.41 bits per heavy atom. The van der Waals surface area contributed by atoms with Gasteiger partial charge in [-0.2, -0.15) is 18.4 Å². The third-order valence-electron chi connectivity index (χ3n) is 1.99. The quantitative estimate of drug-likeness (QED) is 0.820. The van der Waals surface area contributed by atoms with E-state index in [0.29, 0.717) is 6.07 Å². The number of hydrogen-bond acceptors (Lipinski definition) is 3. The van der Waals surface area contributed by atoms with Gasteiger partial charge in [0.2, 0.25) is 0 Å². The van der Waals surface area contributed by atoms with Gasteiger partial charge in [0.15, 0.2) is 0 Å². The molecule has 1 rings (SSSR count). The van der Waals surface area contributed by atoms with E-state index in [1.807, 2.05) is 0 Å². The van der Waals surface area contributed by atoms with Crippen molar-refractivity contribution in [2.45, 2.75) is 19.1 Å². The van der Waals surface area contributed by atoms with E-state index in [-0.39, 0.29) is 0 Å². The van der Waals surface area contributed by atoms with Crippen LogP contribution in [0.3, 0.4) is 0 Å². The second kappa shape index (κ2) is 4.63. The van der Waals surface area contributed by atoms with Gasteiger partial charge in [0.05, 0.1) is 5.56 Å². The van der Waals surface area contributed by atoms with E-state index in [1.54, 1.807) is 0 Å². The number of hydrogen-bond donors (Lipinski definition) is 1. The van der Waals surface area contributed by atoms with E-state index in [9.17, 15) is 22.0 Å². The van der Waals surface area contributed by atoms with Crippen LogP contribution in [0.25, 0.3) is 0 Å². The van der Waals surface area contributed by atoms with Crippen molar-refractivity contribution in [3.63, 3.8) is 0 Å². The maximum atomic E-state index is 12.6. The van der Waals surface area contributed by atoms with Gasteiger partial charge in [-0.15, -0.1) is 0 Å². The second-order valence-electron chi connectivity index (χ2n) is 3.03. The Kier molecular flexibility index (Phi) is 3.63. The standard InChI is InChI=1S/C9H6F5N3/c10-8(11)7-5(3-16)6(9(12,13)14)1-4(2-15)17-7/h1,8H,3,16H2. The summed E-state index contributed by atoms with van der Waals surface area (Å²) in [5.41, 5.74) is 1.07. The van der Waals surface area contributed by atoms with Gasteiger partial charge in [-0.05, 0) is 6.07 Å². The minimum atomic E-state index is -4.85. The van der Waals surface area contributed by atoms with Gasteiger partial charge in [-0.25, -0.2) is 13.8 Å². The van der Waals surface area contributed by atoms with Crippen molar-refractivity contribution in [2.75, 3.05) is 0 Å². The Labute approximate surface area is 92.7 Å². The molecule has 0 aromatic carbocycles. The average Bonchev–Trinajstić information content (AvgIpc) is 2.25. The molecular weight excluding hydrogens is 245 g/mol. The van der Waals surface area contributed by atoms with Crippen LogP contribution in [0.15, 0.2) is 6.07 Å². The van der Waals surface area contributed by atoms with Gasteiger partial charge in [-0.1, -0.05) is 0 Å². The number of nitrogens with two attached hydrogens (primary N) is 1.